The molecule has 0 N–H and O–H groups in total. The standard InChI is InChI=1S/C27H28ClFN6O3/c1-18-12-19(2-5-23(18)29)13-26(36)25-15-22(33-8-10-38-11-9-33)16-34(25)27(37)7-3-20-14-21(28)4-6-24(20)35-17-30-31-32-35/h2-7,12,14,17,22,25H,8-11,13,15-16H2,1H3/b7-3+/t22-,25-/m0/s1. The van der Waals surface area contributed by atoms with E-state index < -0.39 is 6.04 Å². The van der Waals surface area contributed by atoms with E-state index in [4.69, 9.17) is 16.3 Å². The van der Waals surface area contributed by atoms with Crippen molar-refractivity contribution < 1.29 is 18.7 Å². The van der Waals surface area contributed by atoms with Gasteiger partial charge in [-0.2, -0.15) is 4.68 Å². The first kappa shape index (κ1) is 26.1. The Morgan fingerprint density at radius 3 is 2.74 bits per heavy atom. The van der Waals surface area contributed by atoms with Gasteiger partial charge in [0, 0.05) is 48.8 Å². The topological polar surface area (TPSA) is 93.5 Å². The highest BCUT2D eigenvalue weighted by Crippen LogP contribution is 2.27. The zero-order valence-electron chi connectivity index (χ0n) is 21.0. The molecule has 0 radical (unpaired) electrons. The molecule has 0 spiro atoms. The van der Waals surface area contributed by atoms with E-state index in [1.807, 2.05) is 0 Å². The Bertz CT molecular complexity index is 1340. The summed E-state index contributed by atoms with van der Waals surface area (Å²) in [6.45, 7) is 4.90. The van der Waals surface area contributed by atoms with Crippen LogP contribution >= 0.6 is 11.6 Å². The molecule has 9 nitrogen and oxygen atoms in total. The van der Waals surface area contributed by atoms with Crippen LogP contribution in [0, 0.1) is 12.7 Å². The molecule has 3 aromatic rings. The van der Waals surface area contributed by atoms with E-state index >= 15 is 0 Å². The summed E-state index contributed by atoms with van der Waals surface area (Å²) in [6, 6.07) is 9.38. The number of morpholine rings is 1. The van der Waals surface area contributed by atoms with Crippen molar-refractivity contribution in [3.05, 3.63) is 76.3 Å². The van der Waals surface area contributed by atoms with E-state index in [9.17, 15) is 14.0 Å². The minimum Gasteiger partial charge on any atom is -0.379 e. The van der Waals surface area contributed by atoms with E-state index in [1.165, 1.54) is 23.2 Å². The number of benzene rings is 2. The lowest BCUT2D eigenvalue weighted by Crippen LogP contribution is -2.45. The fourth-order valence-electron chi connectivity index (χ4n) is 5.10. The number of ketones is 1. The van der Waals surface area contributed by atoms with Crippen molar-refractivity contribution in [3.8, 4) is 5.69 Å². The van der Waals surface area contributed by atoms with Crippen LogP contribution < -0.4 is 0 Å². The second-order valence-electron chi connectivity index (χ2n) is 9.56. The van der Waals surface area contributed by atoms with E-state index in [-0.39, 0.29) is 30.0 Å². The van der Waals surface area contributed by atoms with Crippen molar-refractivity contribution in [2.24, 2.45) is 0 Å². The molecule has 0 aliphatic carbocycles. The Morgan fingerprint density at radius 1 is 1.18 bits per heavy atom. The van der Waals surface area contributed by atoms with Crippen molar-refractivity contribution in [2.75, 3.05) is 32.8 Å². The monoisotopic (exact) mass is 538 g/mol. The minimum atomic E-state index is -0.580. The molecule has 0 unspecified atom stereocenters. The maximum atomic E-state index is 13.7. The van der Waals surface area contributed by atoms with Gasteiger partial charge in [-0.1, -0.05) is 23.7 Å². The Morgan fingerprint density at radius 2 is 2.00 bits per heavy atom. The van der Waals surface area contributed by atoms with Crippen molar-refractivity contribution in [3.63, 3.8) is 0 Å². The highest BCUT2D eigenvalue weighted by atomic mass is 35.5. The molecule has 2 aromatic carbocycles. The quantitative estimate of drug-likeness (QED) is 0.427. The van der Waals surface area contributed by atoms with Gasteiger partial charge in [0.05, 0.1) is 24.9 Å². The maximum Gasteiger partial charge on any atom is 0.247 e. The number of tetrazole rings is 1. The van der Waals surface area contributed by atoms with Crippen molar-refractivity contribution in [2.45, 2.75) is 31.8 Å². The second kappa shape index (κ2) is 11.5. The molecule has 2 aliphatic rings. The number of halogens is 2. The number of likely N-dealkylation sites (tertiary alicyclic amines) is 1. The van der Waals surface area contributed by atoms with Gasteiger partial charge in [-0.05, 0) is 65.2 Å². The summed E-state index contributed by atoms with van der Waals surface area (Å²) >= 11 is 6.21. The number of aryl methyl sites for hydroxylation is 1. The molecule has 2 fully saturated rings. The number of ether oxygens (including phenoxy) is 1. The summed E-state index contributed by atoms with van der Waals surface area (Å²) in [7, 11) is 0. The largest absolute Gasteiger partial charge is 0.379 e. The molecule has 0 saturated carbocycles. The third-order valence-corrected chi connectivity index (χ3v) is 7.32. The number of rotatable bonds is 7. The molecular formula is C27H28ClFN6O3. The Balaban J connectivity index is 1.38. The van der Waals surface area contributed by atoms with E-state index in [2.05, 4.69) is 20.4 Å². The van der Waals surface area contributed by atoms with Gasteiger partial charge in [-0.3, -0.25) is 14.5 Å². The van der Waals surface area contributed by atoms with Gasteiger partial charge in [-0.15, -0.1) is 5.10 Å². The van der Waals surface area contributed by atoms with Gasteiger partial charge in [0.2, 0.25) is 5.91 Å². The van der Waals surface area contributed by atoms with E-state index in [0.717, 1.165) is 18.7 Å². The lowest BCUT2D eigenvalue weighted by molar-refractivity contribution is -0.133. The molecule has 5 rings (SSSR count). The number of Topliss-reactive ketones (excluding diaryl/α,β-unsaturated/α-hetero) is 1. The van der Waals surface area contributed by atoms with Gasteiger partial charge in [-0.25, -0.2) is 4.39 Å². The van der Waals surface area contributed by atoms with Crippen molar-refractivity contribution in [1.29, 1.82) is 0 Å². The number of hydrogen-bond donors (Lipinski definition) is 0. The number of aromatic nitrogens is 4. The molecule has 0 bridgehead atoms. The summed E-state index contributed by atoms with van der Waals surface area (Å²) in [5, 5.41) is 11.8. The first-order valence-electron chi connectivity index (χ1n) is 12.5. The Labute approximate surface area is 224 Å². The smallest absolute Gasteiger partial charge is 0.247 e. The summed E-state index contributed by atoms with van der Waals surface area (Å²) in [4.78, 5) is 30.9. The molecule has 11 heteroatoms. The number of carbonyl (C=O) groups excluding carboxylic acids is 2. The van der Waals surface area contributed by atoms with Crippen LogP contribution in [0.25, 0.3) is 11.8 Å². The fraction of sp³-hybridized carbons (Fsp3) is 0.370. The Kier molecular flexibility index (Phi) is 7.92. The van der Waals surface area contributed by atoms with Gasteiger partial charge >= 0.3 is 0 Å². The van der Waals surface area contributed by atoms with Gasteiger partial charge < -0.3 is 9.64 Å². The predicted molar refractivity (Wildman–Crippen MR) is 139 cm³/mol. The van der Waals surface area contributed by atoms with Gasteiger partial charge in [0.25, 0.3) is 0 Å². The average Bonchev–Trinajstić information content (AvgIpc) is 3.61. The van der Waals surface area contributed by atoms with Crippen LogP contribution in [-0.2, 0) is 20.7 Å². The molecular weight excluding hydrogens is 511 g/mol. The van der Waals surface area contributed by atoms with Gasteiger partial charge in [0.15, 0.2) is 5.78 Å². The summed E-state index contributed by atoms with van der Waals surface area (Å²) in [5.41, 5.74) is 2.54. The molecule has 38 heavy (non-hydrogen) atoms. The highest BCUT2D eigenvalue weighted by Gasteiger charge is 2.41. The molecule has 2 aliphatic heterocycles. The molecule has 1 aromatic heterocycles. The van der Waals surface area contributed by atoms with Crippen molar-refractivity contribution in [1.82, 2.24) is 30.0 Å². The lowest BCUT2D eigenvalue weighted by atomic mass is 9.99. The van der Waals surface area contributed by atoms with Crippen LogP contribution in [0.2, 0.25) is 5.02 Å². The second-order valence-corrected chi connectivity index (χ2v) is 10.00. The lowest BCUT2D eigenvalue weighted by Gasteiger charge is -2.31. The van der Waals surface area contributed by atoms with E-state index in [1.54, 1.807) is 48.2 Å². The fourth-order valence-corrected chi connectivity index (χ4v) is 5.28. The summed E-state index contributed by atoms with van der Waals surface area (Å²) < 4.78 is 20.7. The molecule has 2 saturated heterocycles. The SMILES string of the molecule is Cc1cc(CC(=O)[C@@H]2C[C@H](N3CCOCC3)CN2C(=O)/C=C/c2cc(Cl)ccc2-n2cnnn2)ccc1F. The average molecular weight is 539 g/mol. The zero-order valence-corrected chi connectivity index (χ0v) is 21.7. The van der Waals surface area contributed by atoms with Crippen molar-refractivity contribution >= 4 is 29.4 Å². The molecule has 3 heterocycles. The van der Waals surface area contributed by atoms with Crippen LogP contribution in [-0.4, -0.2) is 86.6 Å². The number of amides is 1. The van der Waals surface area contributed by atoms with Crippen LogP contribution in [0.4, 0.5) is 4.39 Å². The number of carbonyl (C=O) groups is 2. The third kappa shape index (κ3) is 5.82. The first-order chi connectivity index (χ1) is 18.4. The van der Waals surface area contributed by atoms with Crippen LogP contribution in [0.5, 0.6) is 0 Å². The van der Waals surface area contributed by atoms with E-state index in [0.29, 0.717) is 48.0 Å². The van der Waals surface area contributed by atoms with Crippen LogP contribution in [0.15, 0.2) is 48.8 Å². The minimum absolute atomic E-state index is 0.0584. The zero-order chi connectivity index (χ0) is 26.6. The van der Waals surface area contributed by atoms with Crippen LogP contribution in [0.3, 0.4) is 0 Å². The van der Waals surface area contributed by atoms with Gasteiger partial charge in [0.1, 0.15) is 12.1 Å². The molecule has 198 valence electrons. The van der Waals surface area contributed by atoms with Crippen LogP contribution in [0.1, 0.15) is 23.1 Å². The summed E-state index contributed by atoms with van der Waals surface area (Å²) in [5.74, 6) is -0.638. The Hall–Kier alpha value is -3.47. The maximum absolute atomic E-state index is 13.7. The predicted octanol–water partition coefficient (Wildman–Crippen LogP) is 2.89. The number of nitrogens with zero attached hydrogens (tertiary/aromatic N) is 6. The molecule has 1 amide bonds. The normalized spacial score (nSPS) is 20.3. The third-order valence-electron chi connectivity index (χ3n) is 7.09. The first-order valence-corrected chi connectivity index (χ1v) is 12.9. The number of hydrogen-bond acceptors (Lipinski definition) is 7. The highest BCUT2D eigenvalue weighted by molar-refractivity contribution is 6.30. The summed E-state index contributed by atoms with van der Waals surface area (Å²) in [6.07, 6.45) is 5.27. The molecule has 2 atom stereocenters.